The van der Waals surface area contributed by atoms with E-state index in [0.29, 0.717) is 5.92 Å². The van der Waals surface area contributed by atoms with Gasteiger partial charge in [0.25, 0.3) is 0 Å². The second kappa shape index (κ2) is 5.35. The second-order valence-electron chi connectivity index (χ2n) is 4.91. The Balaban J connectivity index is 2.11. The molecule has 1 aromatic rings. The molecule has 1 saturated carbocycles. The average molecular weight is 218 g/mol. The molecule has 0 amide bonds. The standard InChI is InChI=1S/C14H22N2/c15-10-14(11-4-2-1-3-5-11)12-6-8-13(16)9-7-12/h6-9,11,14H,1-5,10,15-16H2. The fraction of sp³-hybridized carbons (Fsp3) is 0.571. The predicted molar refractivity (Wildman–Crippen MR) is 69.2 cm³/mol. The molecule has 1 aliphatic carbocycles. The summed E-state index contributed by atoms with van der Waals surface area (Å²) in [5.74, 6) is 1.31. The minimum atomic E-state index is 0.529. The lowest BCUT2D eigenvalue weighted by atomic mass is 9.77. The van der Waals surface area contributed by atoms with Crippen LogP contribution >= 0.6 is 0 Å². The van der Waals surface area contributed by atoms with Gasteiger partial charge in [0.2, 0.25) is 0 Å². The van der Waals surface area contributed by atoms with Crippen molar-refractivity contribution in [1.29, 1.82) is 0 Å². The van der Waals surface area contributed by atoms with Crippen molar-refractivity contribution in [2.75, 3.05) is 12.3 Å². The number of hydrogen-bond acceptors (Lipinski definition) is 2. The predicted octanol–water partition coefficient (Wildman–Crippen LogP) is 2.89. The Hall–Kier alpha value is -1.02. The van der Waals surface area contributed by atoms with E-state index in [9.17, 15) is 0 Å². The zero-order valence-electron chi connectivity index (χ0n) is 9.86. The van der Waals surface area contributed by atoms with Gasteiger partial charge < -0.3 is 11.5 Å². The molecule has 0 heterocycles. The number of nitrogens with two attached hydrogens (primary N) is 2. The van der Waals surface area contributed by atoms with Gasteiger partial charge in [0.1, 0.15) is 0 Å². The maximum atomic E-state index is 5.94. The normalized spacial score (nSPS) is 19.6. The van der Waals surface area contributed by atoms with Crippen LogP contribution in [0, 0.1) is 5.92 Å². The molecule has 1 atom stereocenters. The van der Waals surface area contributed by atoms with Crippen molar-refractivity contribution in [3.63, 3.8) is 0 Å². The summed E-state index contributed by atoms with van der Waals surface area (Å²) < 4.78 is 0. The van der Waals surface area contributed by atoms with Gasteiger partial charge in [0.15, 0.2) is 0 Å². The average Bonchev–Trinajstić information content (AvgIpc) is 2.34. The molecule has 88 valence electrons. The summed E-state index contributed by atoms with van der Waals surface area (Å²) in [6.45, 7) is 0.759. The molecule has 2 heteroatoms. The first kappa shape index (κ1) is 11.5. The smallest absolute Gasteiger partial charge is 0.0314 e. The first-order valence-electron chi connectivity index (χ1n) is 6.37. The van der Waals surface area contributed by atoms with Crippen LogP contribution in [0.3, 0.4) is 0 Å². The summed E-state index contributed by atoms with van der Waals surface area (Å²) >= 11 is 0. The van der Waals surface area contributed by atoms with Gasteiger partial charge in [-0.05, 0) is 48.9 Å². The van der Waals surface area contributed by atoms with E-state index < -0.39 is 0 Å². The Bertz CT molecular complexity index is 312. The molecule has 4 N–H and O–H groups in total. The maximum absolute atomic E-state index is 5.94. The van der Waals surface area contributed by atoms with Crippen molar-refractivity contribution in [2.45, 2.75) is 38.0 Å². The van der Waals surface area contributed by atoms with Crippen LogP contribution in [0.5, 0.6) is 0 Å². The number of rotatable bonds is 3. The van der Waals surface area contributed by atoms with Gasteiger partial charge in [0.05, 0.1) is 0 Å². The van der Waals surface area contributed by atoms with Gasteiger partial charge in [-0.1, -0.05) is 31.4 Å². The molecule has 2 rings (SSSR count). The highest BCUT2D eigenvalue weighted by Gasteiger charge is 2.23. The summed E-state index contributed by atoms with van der Waals surface area (Å²) in [5, 5.41) is 0. The first-order valence-corrected chi connectivity index (χ1v) is 6.37. The van der Waals surface area contributed by atoms with Gasteiger partial charge in [-0.3, -0.25) is 0 Å². The fourth-order valence-electron chi connectivity index (χ4n) is 2.88. The van der Waals surface area contributed by atoms with Crippen LogP contribution in [-0.4, -0.2) is 6.54 Å². The largest absolute Gasteiger partial charge is 0.399 e. The molecule has 1 aromatic carbocycles. The summed E-state index contributed by atoms with van der Waals surface area (Å²) in [4.78, 5) is 0. The molecule has 1 unspecified atom stereocenters. The molecule has 0 aliphatic heterocycles. The van der Waals surface area contributed by atoms with Crippen LogP contribution in [0.25, 0.3) is 0 Å². The Morgan fingerprint density at radius 3 is 2.25 bits per heavy atom. The van der Waals surface area contributed by atoms with E-state index in [2.05, 4.69) is 12.1 Å². The van der Waals surface area contributed by atoms with E-state index in [0.717, 1.165) is 18.2 Å². The van der Waals surface area contributed by atoms with Crippen LogP contribution in [0.4, 0.5) is 5.69 Å². The highest BCUT2D eigenvalue weighted by Crippen LogP contribution is 2.35. The van der Waals surface area contributed by atoms with Crippen LogP contribution < -0.4 is 11.5 Å². The fourth-order valence-corrected chi connectivity index (χ4v) is 2.88. The highest BCUT2D eigenvalue weighted by atomic mass is 14.6. The second-order valence-corrected chi connectivity index (χ2v) is 4.91. The molecule has 1 aliphatic rings. The molecule has 0 aromatic heterocycles. The lowest BCUT2D eigenvalue weighted by Gasteiger charge is -2.29. The van der Waals surface area contributed by atoms with Gasteiger partial charge in [-0.25, -0.2) is 0 Å². The number of benzene rings is 1. The van der Waals surface area contributed by atoms with Crippen molar-refractivity contribution in [1.82, 2.24) is 0 Å². The third-order valence-electron chi connectivity index (χ3n) is 3.84. The van der Waals surface area contributed by atoms with Gasteiger partial charge >= 0.3 is 0 Å². The van der Waals surface area contributed by atoms with Crippen LogP contribution in [0.15, 0.2) is 24.3 Å². The van der Waals surface area contributed by atoms with Crippen molar-refractivity contribution < 1.29 is 0 Å². The molecule has 2 nitrogen and oxygen atoms in total. The minimum Gasteiger partial charge on any atom is -0.399 e. The van der Waals surface area contributed by atoms with Gasteiger partial charge in [-0.15, -0.1) is 0 Å². The van der Waals surface area contributed by atoms with E-state index in [-0.39, 0.29) is 0 Å². The topological polar surface area (TPSA) is 52.0 Å². The van der Waals surface area contributed by atoms with Crippen LogP contribution in [0.2, 0.25) is 0 Å². The highest BCUT2D eigenvalue weighted by molar-refractivity contribution is 5.40. The molecule has 0 radical (unpaired) electrons. The summed E-state index contributed by atoms with van der Waals surface area (Å²) in [6.07, 6.45) is 6.82. The molecule has 0 bridgehead atoms. The molecule has 1 fully saturated rings. The summed E-state index contributed by atoms with van der Waals surface area (Å²) in [7, 11) is 0. The van der Waals surface area contributed by atoms with E-state index in [1.807, 2.05) is 12.1 Å². The Morgan fingerprint density at radius 1 is 1.06 bits per heavy atom. The van der Waals surface area contributed by atoms with Crippen LogP contribution in [0.1, 0.15) is 43.6 Å². The molecular weight excluding hydrogens is 196 g/mol. The van der Waals surface area contributed by atoms with Crippen molar-refractivity contribution in [2.24, 2.45) is 11.7 Å². The lowest BCUT2D eigenvalue weighted by Crippen LogP contribution is -2.23. The third kappa shape index (κ3) is 2.56. The van der Waals surface area contributed by atoms with E-state index in [1.54, 1.807) is 0 Å². The van der Waals surface area contributed by atoms with E-state index in [4.69, 9.17) is 11.5 Å². The third-order valence-corrected chi connectivity index (χ3v) is 3.84. The van der Waals surface area contributed by atoms with Gasteiger partial charge in [0, 0.05) is 5.69 Å². The number of nitrogen functional groups attached to an aromatic ring is 1. The van der Waals surface area contributed by atoms with E-state index >= 15 is 0 Å². The Labute approximate surface area is 98.0 Å². The van der Waals surface area contributed by atoms with Crippen molar-refractivity contribution >= 4 is 5.69 Å². The SMILES string of the molecule is NCC(c1ccc(N)cc1)C1CCCCC1. The van der Waals surface area contributed by atoms with Gasteiger partial charge in [-0.2, -0.15) is 0 Å². The van der Waals surface area contributed by atoms with Crippen molar-refractivity contribution in [3.8, 4) is 0 Å². The number of anilines is 1. The number of hydrogen-bond donors (Lipinski definition) is 2. The maximum Gasteiger partial charge on any atom is 0.0314 e. The minimum absolute atomic E-state index is 0.529. The summed E-state index contributed by atoms with van der Waals surface area (Å²) in [5.41, 5.74) is 13.9. The Morgan fingerprint density at radius 2 is 1.69 bits per heavy atom. The van der Waals surface area contributed by atoms with E-state index in [1.165, 1.54) is 37.7 Å². The Kier molecular flexibility index (Phi) is 3.83. The monoisotopic (exact) mass is 218 g/mol. The quantitative estimate of drug-likeness (QED) is 0.766. The molecular formula is C14H22N2. The lowest BCUT2D eigenvalue weighted by molar-refractivity contribution is 0.307. The molecule has 16 heavy (non-hydrogen) atoms. The van der Waals surface area contributed by atoms with Crippen molar-refractivity contribution in [3.05, 3.63) is 29.8 Å². The van der Waals surface area contributed by atoms with Crippen LogP contribution in [-0.2, 0) is 0 Å². The summed E-state index contributed by atoms with van der Waals surface area (Å²) in [6, 6.07) is 8.25. The first-order chi connectivity index (χ1) is 7.81. The molecule has 0 spiro atoms. The zero-order chi connectivity index (χ0) is 11.4. The zero-order valence-corrected chi connectivity index (χ0v) is 9.86. The molecule has 0 saturated heterocycles.